The van der Waals surface area contributed by atoms with E-state index in [0.29, 0.717) is 5.25 Å². The van der Waals surface area contributed by atoms with Gasteiger partial charge in [0.15, 0.2) is 0 Å². The van der Waals surface area contributed by atoms with Gasteiger partial charge in [-0.15, -0.1) is 23.3 Å². The Morgan fingerprint density at radius 1 is 1.35 bits per heavy atom. The molecule has 1 saturated heterocycles. The highest BCUT2D eigenvalue weighted by atomic mass is 33.1. The molecule has 1 aromatic carbocycles. The van der Waals surface area contributed by atoms with Gasteiger partial charge in [-0.05, 0) is 43.9 Å². The van der Waals surface area contributed by atoms with Crippen LogP contribution >= 0.6 is 35.3 Å². The SMILES string of the molecule is Cn1ncc2cccc(NSC3CCNCC3)c21.SS. The Hall–Kier alpha value is -0.500. The minimum absolute atomic E-state index is 0.703. The van der Waals surface area contributed by atoms with Gasteiger partial charge in [0.25, 0.3) is 0 Å². The molecule has 0 atom stereocenters. The monoisotopic (exact) mass is 328 g/mol. The fraction of sp³-hybridized carbons (Fsp3) is 0.462. The first-order chi connectivity index (χ1) is 9.84. The van der Waals surface area contributed by atoms with Crippen molar-refractivity contribution >= 4 is 51.9 Å². The topological polar surface area (TPSA) is 41.9 Å². The summed E-state index contributed by atoms with van der Waals surface area (Å²) in [7, 11) is 1.99. The molecule has 3 rings (SSSR count). The molecule has 0 bridgehead atoms. The Morgan fingerprint density at radius 2 is 2.10 bits per heavy atom. The molecule has 1 aromatic heterocycles. The van der Waals surface area contributed by atoms with Gasteiger partial charge in [-0.3, -0.25) is 4.68 Å². The van der Waals surface area contributed by atoms with E-state index in [4.69, 9.17) is 0 Å². The van der Waals surface area contributed by atoms with E-state index in [1.54, 1.807) is 0 Å². The third kappa shape index (κ3) is 3.78. The van der Waals surface area contributed by atoms with Crippen molar-refractivity contribution in [3.63, 3.8) is 0 Å². The Morgan fingerprint density at radius 3 is 2.85 bits per heavy atom. The summed E-state index contributed by atoms with van der Waals surface area (Å²) in [4.78, 5) is 0. The molecule has 0 unspecified atom stereocenters. The van der Waals surface area contributed by atoms with Crippen LogP contribution in [0, 0.1) is 0 Å². The molecule has 0 spiro atoms. The average molecular weight is 329 g/mol. The van der Waals surface area contributed by atoms with Crippen molar-refractivity contribution in [2.75, 3.05) is 17.8 Å². The lowest BCUT2D eigenvalue weighted by Crippen LogP contribution is -2.29. The predicted octanol–water partition coefficient (Wildman–Crippen LogP) is 3.15. The van der Waals surface area contributed by atoms with Crippen LogP contribution in [0.3, 0.4) is 0 Å². The van der Waals surface area contributed by atoms with Gasteiger partial charge < -0.3 is 10.0 Å². The van der Waals surface area contributed by atoms with E-state index in [2.05, 4.69) is 56.7 Å². The van der Waals surface area contributed by atoms with Gasteiger partial charge in [0, 0.05) is 17.7 Å². The zero-order valence-corrected chi connectivity index (χ0v) is 14.0. The molecule has 0 saturated carbocycles. The van der Waals surface area contributed by atoms with Crippen molar-refractivity contribution in [2.45, 2.75) is 18.1 Å². The lowest BCUT2D eigenvalue weighted by atomic mass is 10.2. The van der Waals surface area contributed by atoms with Gasteiger partial charge in [0.1, 0.15) is 0 Å². The molecule has 2 heterocycles. The van der Waals surface area contributed by atoms with Crippen LogP contribution in [0.25, 0.3) is 10.9 Å². The molecule has 2 N–H and O–H groups in total. The standard InChI is InChI=1S/C13H18N4S.H2S2/c1-17-13-10(9-15-17)3-2-4-12(13)16-18-11-5-7-14-8-6-11;1-2/h2-4,9,11,14,16H,5-8H2,1H3;1-2H. The number of aryl methyl sites for hydroxylation is 1. The fourth-order valence-corrected chi connectivity index (χ4v) is 3.31. The van der Waals surface area contributed by atoms with Gasteiger partial charge in [0.2, 0.25) is 0 Å². The highest BCUT2D eigenvalue weighted by Crippen LogP contribution is 2.28. The predicted molar refractivity (Wildman–Crippen MR) is 95.8 cm³/mol. The van der Waals surface area contributed by atoms with E-state index < -0.39 is 0 Å². The van der Waals surface area contributed by atoms with Crippen LogP contribution in [-0.4, -0.2) is 28.1 Å². The van der Waals surface area contributed by atoms with Crippen LogP contribution in [0.15, 0.2) is 24.4 Å². The molecule has 2 aromatic rings. The number of nitrogens with one attached hydrogen (secondary N) is 2. The molecular formula is C13H20N4S3. The fourth-order valence-electron chi connectivity index (χ4n) is 2.38. The Kier molecular flexibility index (Phi) is 6.41. The highest BCUT2D eigenvalue weighted by Gasteiger charge is 2.14. The summed E-state index contributed by atoms with van der Waals surface area (Å²) in [6, 6.07) is 6.30. The van der Waals surface area contributed by atoms with E-state index in [0.717, 1.165) is 18.8 Å². The molecule has 7 heteroatoms. The summed E-state index contributed by atoms with van der Waals surface area (Å²) < 4.78 is 5.44. The van der Waals surface area contributed by atoms with E-state index in [1.807, 2.05) is 29.9 Å². The number of aromatic nitrogens is 2. The summed E-state index contributed by atoms with van der Waals surface area (Å²) >= 11 is 8.29. The van der Waals surface area contributed by atoms with E-state index >= 15 is 0 Å². The third-order valence-electron chi connectivity index (χ3n) is 3.38. The number of thiol groups is 2. The number of para-hydroxylation sites is 1. The molecule has 1 aliphatic rings. The van der Waals surface area contributed by atoms with Crippen molar-refractivity contribution < 1.29 is 0 Å². The van der Waals surface area contributed by atoms with E-state index in [1.165, 1.54) is 23.7 Å². The van der Waals surface area contributed by atoms with Crippen LogP contribution in [-0.2, 0) is 7.05 Å². The third-order valence-corrected chi connectivity index (χ3v) is 4.53. The van der Waals surface area contributed by atoms with Gasteiger partial charge in [-0.1, -0.05) is 12.1 Å². The number of fused-ring (bicyclic) bond motifs is 1. The number of rotatable bonds is 3. The normalized spacial score (nSPS) is 15.8. The number of nitrogens with zero attached hydrogens (tertiary/aromatic N) is 2. The first-order valence-electron chi connectivity index (χ1n) is 6.58. The Labute approximate surface area is 134 Å². The van der Waals surface area contributed by atoms with Gasteiger partial charge >= 0.3 is 0 Å². The largest absolute Gasteiger partial charge is 0.328 e. The minimum atomic E-state index is 0.703. The maximum Gasteiger partial charge on any atom is 0.0918 e. The second kappa shape index (κ2) is 8.07. The molecule has 4 nitrogen and oxygen atoms in total. The molecule has 20 heavy (non-hydrogen) atoms. The lowest BCUT2D eigenvalue weighted by molar-refractivity contribution is 0.532. The average Bonchev–Trinajstić information content (AvgIpc) is 2.90. The van der Waals surface area contributed by atoms with Crippen LogP contribution in [0.1, 0.15) is 12.8 Å². The number of piperidine rings is 1. The first-order valence-corrected chi connectivity index (χ1v) is 9.05. The first kappa shape index (κ1) is 15.9. The number of anilines is 1. The van der Waals surface area contributed by atoms with Crippen LogP contribution < -0.4 is 10.0 Å². The molecule has 1 fully saturated rings. The summed E-state index contributed by atoms with van der Waals surface area (Å²) in [6.45, 7) is 2.27. The second-order valence-electron chi connectivity index (χ2n) is 4.68. The summed E-state index contributed by atoms with van der Waals surface area (Å²) in [6.07, 6.45) is 4.38. The molecular weight excluding hydrogens is 308 g/mol. The Balaban J connectivity index is 0.000000704. The Bertz CT molecular complexity index is 537. The molecule has 110 valence electrons. The molecule has 0 radical (unpaired) electrons. The smallest absolute Gasteiger partial charge is 0.0918 e. The minimum Gasteiger partial charge on any atom is -0.328 e. The van der Waals surface area contributed by atoms with Crippen LogP contribution in [0.2, 0.25) is 0 Å². The number of benzene rings is 1. The second-order valence-corrected chi connectivity index (χ2v) is 5.79. The zero-order valence-electron chi connectivity index (χ0n) is 11.4. The van der Waals surface area contributed by atoms with Crippen LogP contribution in [0.5, 0.6) is 0 Å². The van der Waals surface area contributed by atoms with Crippen molar-refractivity contribution in [1.29, 1.82) is 0 Å². The van der Waals surface area contributed by atoms with Gasteiger partial charge in [-0.25, -0.2) is 0 Å². The van der Waals surface area contributed by atoms with Gasteiger partial charge in [0.05, 0.1) is 17.4 Å². The maximum atomic E-state index is 4.31. The number of hydrogen-bond acceptors (Lipinski definition) is 6. The maximum absolute atomic E-state index is 4.31. The number of hydrogen-bond donors (Lipinski definition) is 4. The van der Waals surface area contributed by atoms with E-state index in [9.17, 15) is 0 Å². The van der Waals surface area contributed by atoms with Crippen molar-refractivity contribution in [2.24, 2.45) is 7.05 Å². The summed E-state index contributed by atoms with van der Waals surface area (Å²) in [5.74, 6) is 0. The quantitative estimate of drug-likeness (QED) is 0.397. The molecule has 1 aliphatic heterocycles. The van der Waals surface area contributed by atoms with Crippen molar-refractivity contribution in [3.05, 3.63) is 24.4 Å². The molecule has 0 amide bonds. The summed E-state index contributed by atoms with van der Waals surface area (Å²) in [5.41, 5.74) is 2.34. The van der Waals surface area contributed by atoms with E-state index in [-0.39, 0.29) is 0 Å². The molecule has 0 aliphatic carbocycles. The van der Waals surface area contributed by atoms with Crippen molar-refractivity contribution in [1.82, 2.24) is 15.1 Å². The van der Waals surface area contributed by atoms with Gasteiger partial charge in [-0.2, -0.15) is 5.10 Å². The zero-order chi connectivity index (χ0) is 14.4. The summed E-state index contributed by atoms with van der Waals surface area (Å²) in [5, 5.41) is 9.59. The van der Waals surface area contributed by atoms with Crippen molar-refractivity contribution in [3.8, 4) is 0 Å². The van der Waals surface area contributed by atoms with Crippen LogP contribution in [0.4, 0.5) is 5.69 Å². The highest BCUT2D eigenvalue weighted by molar-refractivity contribution is 8.59. The lowest BCUT2D eigenvalue weighted by Gasteiger charge is -2.22.